The smallest absolute Gasteiger partial charge is 0.328 e. The number of carboxylic acid groups (broad SMARTS) is 1. The zero-order valence-electron chi connectivity index (χ0n) is 9.85. The number of ether oxygens (including phenoxy) is 2. The number of hydrogen-bond donors (Lipinski definition) is 3. The Kier molecular flexibility index (Phi) is 6.64. The van der Waals surface area contributed by atoms with Crippen LogP contribution in [0.4, 0.5) is 4.79 Å². The molecule has 98 valence electrons. The molecule has 17 heavy (non-hydrogen) atoms. The maximum atomic E-state index is 11.3. The van der Waals surface area contributed by atoms with Gasteiger partial charge in [-0.1, -0.05) is 0 Å². The van der Waals surface area contributed by atoms with E-state index in [1.165, 1.54) is 21.1 Å². The third-order valence-electron chi connectivity index (χ3n) is 1.84. The number of nitrogens with one attached hydrogen (secondary N) is 2. The van der Waals surface area contributed by atoms with Crippen molar-refractivity contribution in [3.05, 3.63) is 0 Å². The van der Waals surface area contributed by atoms with E-state index in [0.717, 1.165) is 0 Å². The fraction of sp³-hybridized carbons (Fsp3) is 0.667. The summed E-state index contributed by atoms with van der Waals surface area (Å²) in [7, 11) is 2.50. The molecule has 0 aliphatic carbocycles. The van der Waals surface area contributed by atoms with Gasteiger partial charge in [0, 0.05) is 7.11 Å². The van der Waals surface area contributed by atoms with Crippen molar-refractivity contribution in [3.8, 4) is 0 Å². The van der Waals surface area contributed by atoms with E-state index < -0.39 is 30.1 Å². The maximum Gasteiger partial charge on any atom is 0.328 e. The standard InChI is InChI=1S/C9H16N2O6/c1-5(8(14)17-3)10-9(15)11-6(4-16-2)7(12)13/h5-6H,4H2,1-3H3,(H,12,13)(H2,10,11,15). The summed E-state index contributed by atoms with van der Waals surface area (Å²) < 4.78 is 9.02. The molecule has 2 atom stereocenters. The van der Waals surface area contributed by atoms with Crippen LogP contribution in [0.2, 0.25) is 0 Å². The highest BCUT2D eigenvalue weighted by molar-refractivity contribution is 5.86. The fourth-order valence-corrected chi connectivity index (χ4v) is 0.974. The molecule has 0 spiro atoms. The lowest BCUT2D eigenvalue weighted by molar-refractivity contribution is -0.142. The highest BCUT2D eigenvalue weighted by atomic mass is 16.5. The monoisotopic (exact) mass is 248 g/mol. The van der Waals surface area contributed by atoms with Crippen LogP contribution < -0.4 is 10.6 Å². The van der Waals surface area contributed by atoms with Crippen LogP contribution in [0.1, 0.15) is 6.92 Å². The lowest BCUT2D eigenvalue weighted by atomic mass is 10.3. The van der Waals surface area contributed by atoms with Crippen LogP contribution in [0.15, 0.2) is 0 Å². The van der Waals surface area contributed by atoms with Crippen LogP contribution in [0.3, 0.4) is 0 Å². The van der Waals surface area contributed by atoms with E-state index in [1.54, 1.807) is 0 Å². The summed E-state index contributed by atoms with van der Waals surface area (Å²) in [5.74, 6) is -1.86. The van der Waals surface area contributed by atoms with Gasteiger partial charge in [-0.05, 0) is 6.92 Å². The number of carbonyl (C=O) groups excluding carboxylic acids is 2. The molecule has 2 unspecified atom stereocenters. The van der Waals surface area contributed by atoms with Crippen LogP contribution in [0.25, 0.3) is 0 Å². The Morgan fingerprint density at radius 1 is 1.24 bits per heavy atom. The highest BCUT2D eigenvalue weighted by Gasteiger charge is 2.22. The van der Waals surface area contributed by atoms with E-state index in [4.69, 9.17) is 5.11 Å². The van der Waals surface area contributed by atoms with E-state index >= 15 is 0 Å². The number of methoxy groups -OCH3 is 2. The third-order valence-corrected chi connectivity index (χ3v) is 1.84. The molecule has 0 fully saturated rings. The number of aliphatic carboxylic acids is 1. The van der Waals surface area contributed by atoms with Gasteiger partial charge in [-0.15, -0.1) is 0 Å². The molecule has 0 bridgehead atoms. The number of esters is 1. The van der Waals surface area contributed by atoms with Gasteiger partial charge in [0.2, 0.25) is 0 Å². The van der Waals surface area contributed by atoms with E-state index in [2.05, 4.69) is 20.1 Å². The topological polar surface area (TPSA) is 114 Å². The van der Waals surface area contributed by atoms with E-state index in [-0.39, 0.29) is 6.61 Å². The minimum atomic E-state index is -1.23. The van der Waals surface area contributed by atoms with Crippen molar-refractivity contribution < 1.29 is 29.0 Å². The summed E-state index contributed by atoms with van der Waals surface area (Å²) in [6.45, 7) is 1.24. The van der Waals surface area contributed by atoms with Gasteiger partial charge in [-0.3, -0.25) is 0 Å². The molecule has 3 N–H and O–H groups in total. The van der Waals surface area contributed by atoms with E-state index in [1.807, 2.05) is 0 Å². The Labute approximate surface area is 98.3 Å². The lowest BCUT2D eigenvalue weighted by Gasteiger charge is -2.16. The van der Waals surface area contributed by atoms with Gasteiger partial charge in [0.05, 0.1) is 13.7 Å². The number of carbonyl (C=O) groups is 3. The van der Waals surface area contributed by atoms with Gasteiger partial charge in [0.15, 0.2) is 6.04 Å². The molecule has 0 heterocycles. The van der Waals surface area contributed by atoms with Gasteiger partial charge in [-0.25, -0.2) is 14.4 Å². The summed E-state index contributed by atoms with van der Waals surface area (Å²) >= 11 is 0. The first kappa shape index (κ1) is 15.2. The Hall–Kier alpha value is -1.83. The molecule has 0 aliphatic heterocycles. The summed E-state index contributed by atoms with van der Waals surface area (Å²) in [5, 5.41) is 13.1. The maximum absolute atomic E-state index is 11.3. The summed E-state index contributed by atoms with van der Waals surface area (Å²) in [5.41, 5.74) is 0. The Morgan fingerprint density at radius 3 is 2.24 bits per heavy atom. The second-order valence-electron chi connectivity index (χ2n) is 3.21. The van der Waals surface area contributed by atoms with Gasteiger partial charge in [-0.2, -0.15) is 0 Å². The second-order valence-corrected chi connectivity index (χ2v) is 3.21. The summed E-state index contributed by atoms with van der Waals surface area (Å²) in [6, 6.07) is -2.82. The van der Waals surface area contributed by atoms with E-state index in [9.17, 15) is 14.4 Å². The van der Waals surface area contributed by atoms with Crippen LogP contribution >= 0.6 is 0 Å². The summed E-state index contributed by atoms with van der Waals surface area (Å²) in [6.07, 6.45) is 0. The predicted molar refractivity (Wildman–Crippen MR) is 56.4 cm³/mol. The molecule has 0 aromatic carbocycles. The van der Waals surface area contributed by atoms with Gasteiger partial charge in [0.25, 0.3) is 0 Å². The van der Waals surface area contributed by atoms with Crippen molar-refractivity contribution >= 4 is 18.0 Å². The first-order valence-electron chi connectivity index (χ1n) is 4.79. The fourth-order valence-electron chi connectivity index (χ4n) is 0.974. The third kappa shape index (κ3) is 5.71. The minimum Gasteiger partial charge on any atom is -0.480 e. The molecule has 0 saturated heterocycles. The molecular formula is C9H16N2O6. The predicted octanol–water partition coefficient (Wildman–Crippen LogP) is -1.05. The van der Waals surface area contributed by atoms with Crippen molar-refractivity contribution in [2.24, 2.45) is 0 Å². The zero-order valence-corrected chi connectivity index (χ0v) is 9.85. The summed E-state index contributed by atoms with van der Waals surface area (Å²) in [4.78, 5) is 33.0. The SMILES string of the molecule is COCC(NC(=O)NC(C)C(=O)OC)C(=O)O. The molecule has 0 rings (SSSR count). The molecule has 8 heteroatoms. The van der Waals surface area contributed by atoms with E-state index in [0.29, 0.717) is 0 Å². The average molecular weight is 248 g/mol. The quantitative estimate of drug-likeness (QED) is 0.517. The van der Waals surface area contributed by atoms with Crippen LogP contribution in [-0.4, -0.2) is 56.0 Å². The minimum absolute atomic E-state index is 0.171. The number of hydrogen-bond acceptors (Lipinski definition) is 5. The number of rotatable bonds is 6. The Bertz CT molecular complexity index is 293. The van der Waals surface area contributed by atoms with Gasteiger partial charge < -0.3 is 25.2 Å². The first-order valence-corrected chi connectivity index (χ1v) is 4.79. The van der Waals surface area contributed by atoms with Gasteiger partial charge >= 0.3 is 18.0 Å². The molecule has 0 saturated carbocycles. The highest BCUT2D eigenvalue weighted by Crippen LogP contribution is 1.89. The van der Waals surface area contributed by atoms with Crippen LogP contribution in [0, 0.1) is 0 Å². The molecule has 8 nitrogen and oxygen atoms in total. The van der Waals surface area contributed by atoms with Crippen molar-refractivity contribution in [2.75, 3.05) is 20.8 Å². The Morgan fingerprint density at radius 2 is 1.82 bits per heavy atom. The average Bonchev–Trinajstić information content (AvgIpc) is 2.26. The van der Waals surface area contributed by atoms with Crippen molar-refractivity contribution in [1.29, 1.82) is 0 Å². The normalized spacial score (nSPS) is 13.4. The number of urea groups is 1. The lowest BCUT2D eigenvalue weighted by Crippen LogP contribution is -2.51. The molecule has 0 aliphatic rings. The first-order chi connectivity index (χ1) is 7.92. The Balaban J connectivity index is 4.23. The van der Waals surface area contributed by atoms with Gasteiger partial charge in [0.1, 0.15) is 6.04 Å². The molecule has 2 amide bonds. The number of carboxylic acids is 1. The number of amides is 2. The van der Waals surface area contributed by atoms with Crippen LogP contribution in [-0.2, 0) is 19.1 Å². The van der Waals surface area contributed by atoms with Crippen LogP contribution in [0.5, 0.6) is 0 Å². The second kappa shape index (κ2) is 7.44. The molecule has 0 aromatic heterocycles. The molecule has 0 aromatic rings. The molecular weight excluding hydrogens is 232 g/mol. The molecule has 0 radical (unpaired) electrons. The van der Waals surface area contributed by atoms with Crippen molar-refractivity contribution in [2.45, 2.75) is 19.0 Å². The zero-order chi connectivity index (χ0) is 13.4. The van der Waals surface area contributed by atoms with Crippen molar-refractivity contribution in [1.82, 2.24) is 10.6 Å². The largest absolute Gasteiger partial charge is 0.480 e. The van der Waals surface area contributed by atoms with Crippen molar-refractivity contribution in [3.63, 3.8) is 0 Å².